The average molecular weight is 225 g/mol. The fourth-order valence-electron chi connectivity index (χ4n) is 1.86. The monoisotopic (exact) mass is 225 g/mol. The molecule has 0 fully saturated rings. The van der Waals surface area contributed by atoms with Crippen LogP contribution in [0, 0.1) is 24.6 Å². The van der Waals surface area contributed by atoms with Gasteiger partial charge in [-0.15, -0.1) is 0 Å². The largest absolute Gasteiger partial charge is 0.396 e. The number of benzene rings is 1. The number of aliphatic hydroxyl groups is 1. The summed E-state index contributed by atoms with van der Waals surface area (Å²) in [5.41, 5.74) is 7.33. The predicted octanol–water partition coefficient (Wildman–Crippen LogP) is 1.88. The molecule has 0 aromatic heterocycles. The Morgan fingerprint density at radius 3 is 2.62 bits per heavy atom. The lowest BCUT2D eigenvalue weighted by Crippen LogP contribution is -2.26. The van der Waals surface area contributed by atoms with Gasteiger partial charge in [0.1, 0.15) is 5.82 Å². The second-order valence-electron chi connectivity index (χ2n) is 4.44. The van der Waals surface area contributed by atoms with E-state index < -0.39 is 0 Å². The van der Waals surface area contributed by atoms with E-state index >= 15 is 0 Å². The zero-order valence-corrected chi connectivity index (χ0v) is 9.91. The van der Waals surface area contributed by atoms with Crippen LogP contribution in [0.25, 0.3) is 0 Å². The SMILES string of the molecule is Cc1cc(CC(C)C(CN)CO)ccc1F. The molecule has 0 bridgehead atoms. The number of halogens is 1. The molecule has 3 N–H and O–H groups in total. The van der Waals surface area contributed by atoms with Crippen LogP contribution < -0.4 is 5.73 Å². The summed E-state index contributed by atoms with van der Waals surface area (Å²) in [7, 11) is 0. The molecule has 0 spiro atoms. The van der Waals surface area contributed by atoms with Gasteiger partial charge in [0, 0.05) is 6.61 Å². The van der Waals surface area contributed by atoms with Crippen molar-refractivity contribution in [2.75, 3.05) is 13.2 Å². The number of rotatable bonds is 5. The summed E-state index contributed by atoms with van der Waals surface area (Å²) < 4.78 is 13.1. The van der Waals surface area contributed by atoms with E-state index in [9.17, 15) is 4.39 Å². The fraction of sp³-hybridized carbons (Fsp3) is 0.538. The van der Waals surface area contributed by atoms with Crippen molar-refractivity contribution in [3.8, 4) is 0 Å². The van der Waals surface area contributed by atoms with Gasteiger partial charge >= 0.3 is 0 Å². The fourth-order valence-corrected chi connectivity index (χ4v) is 1.86. The Bertz CT molecular complexity index is 337. The molecular weight excluding hydrogens is 205 g/mol. The lowest BCUT2D eigenvalue weighted by Gasteiger charge is -2.20. The zero-order valence-electron chi connectivity index (χ0n) is 9.91. The van der Waals surface area contributed by atoms with Crippen LogP contribution in [0.15, 0.2) is 18.2 Å². The number of aryl methyl sites for hydroxylation is 1. The van der Waals surface area contributed by atoms with E-state index in [1.54, 1.807) is 13.0 Å². The van der Waals surface area contributed by atoms with Crippen LogP contribution in [0.2, 0.25) is 0 Å². The van der Waals surface area contributed by atoms with Crippen LogP contribution in [-0.2, 0) is 6.42 Å². The molecule has 1 aromatic carbocycles. The highest BCUT2D eigenvalue weighted by atomic mass is 19.1. The van der Waals surface area contributed by atoms with E-state index in [1.165, 1.54) is 6.07 Å². The van der Waals surface area contributed by atoms with Gasteiger partial charge in [-0.2, -0.15) is 0 Å². The summed E-state index contributed by atoms with van der Waals surface area (Å²) in [6, 6.07) is 5.15. The second kappa shape index (κ2) is 5.97. The van der Waals surface area contributed by atoms with Gasteiger partial charge in [0.15, 0.2) is 0 Å². The van der Waals surface area contributed by atoms with Gasteiger partial charge in [0.25, 0.3) is 0 Å². The highest BCUT2D eigenvalue weighted by molar-refractivity contribution is 5.24. The minimum Gasteiger partial charge on any atom is -0.396 e. The first kappa shape index (κ1) is 13.1. The Balaban J connectivity index is 2.69. The second-order valence-corrected chi connectivity index (χ2v) is 4.44. The van der Waals surface area contributed by atoms with Crippen molar-refractivity contribution in [1.82, 2.24) is 0 Å². The zero-order chi connectivity index (χ0) is 12.1. The average Bonchev–Trinajstić information content (AvgIpc) is 2.25. The maximum atomic E-state index is 13.1. The van der Waals surface area contributed by atoms with Gasteiger partial charge < -0.3 is 10.8 Å². The van der Waals surface area contributed by atoms with Crippen LogP contribution in [0.1, 0.15) is 18.1 Å². The molecule has 90 valence electrons. The van der Waals surface area contributed by atoms with Crippen molar-refractivity contribution in [3.63, 3.8) is 0 Å². The Labute approximate surface area is 96.3 Å². The minimum atomic E-state index is -0.172. The molecule has 1 aromatic rings. The Kier molecular flexibility index (Phi) is 4.90. The van der Waals surface area contributed by atoms with Crippen molar-refractivity contribution in [3.05, 3.63) is 35.1 Å². The summed E-state index contributed by atoms with van der Waals surface area (Å²) in [6.07, 6.45) is 0.823. The quantitative estimate of drug-likeness (QED) is 0.803. The van der Waals surface area contributed by atoms with Crippen molar-refractivity contribution in [1.29, 1.82) is 0 Å². The third-order valence-corrected chi connectivity index (χ3v) is 3.12. The molecule has 2 unspecified atom stereocenters. The number of aliphatic hydroxyl groups excluding tert-OH is 1. The molecule has 2 atom stereocenters. The van der Waals surface area contributed by atoms with E-state index in [0.717, 1.165) is 12.0 Å². The maximum absolute atomic E-state index is 13.1. The molecule has 3 heteroatoms. The molecular formula is C13H20FNO. The van der Waals surface area contributed by atoms with E-state index in [0.29, 0.717) is 18.0 Å². The van der Waals surface area contributed by atoms with Crippen LogP contribution in [0.5, 0.6) is 0 Å². The first-order valence-corrected chi connectivity index (χ1v) is 5.64. The first-order valence-electron chi connectivity index (χ1n) is 5.64. The normalized spacial score (nSPS) is 14.8. The highest BCUT2D eigenvalue weighted by Gasteiger charge is 2.15. The van der Waals surface area contributed by atoms with Crippen LogP contribution in [-0.4, -0.2) is 18.3 Å². The Morgan fingerprint density at radius 2 is 2.12 bits per heavy atom. The van der Waals surface area contributed by atoms with Crippen LogP contribution in [0.4, 0.5) is 4.39 Å². The van der Waals surface area contributed by atoms with Crippen LogP contribution >= 0.6 is 0 Å². The lowest BCUT2D eigenvalue weighted by molar-refractivity contribution is 0.187. The number of hydrogen-bond donors (Lipinski definition) is 2. The molecule has 0 saturated heterocycles. The van der Waals surface area contributed by atoms with Gasteiger partial charge in [-0.05, 0) is 48.9 Å². The van der Waals surface area contributed by atoms with Gasteiger partial charge in [-0.25, -0.2) is 4.39 Å². The highest BCUT2D eigenvalue weighted by Crippen LogP contribution is 2.18. The summed E-state index contributed by atoms with van der Waals surface area (Å²) >= 11 is 0. The van der Waals surface area contributed by atoms with Gasteiger partial charge in [-0.3, -0.25) is 0 Å². The topological polar surface area (TPSA) is 46.2 Å². The molecule has 0 radical (unpaired) electrons. The smallest absolute Gasteiger partial charge is 0.126 e. The van der Waals surface area contributed by atoms with Gasteiger partial charge in [0.05, 0.1) is 0 Å². The molecule has 0 saturated carbocycles. The predicted molar refractivity (Wildman–Crippen MR) is 63.6 cm³/mol. The van der Waals surface area contributed by atoms with Gasteiger partial charge in [-0.1, -0.05) is 19.1 Å². The molecule has 0 aliphatic carbocycles. The minimum absolute atomic E-state index is 0.109. The third-order valence-electron chi connectivity index (χ3n) is 3.12. The molecule has 0 aliphatic rings. The van der Waals surface area contributed by atoms with Crippen molar-refractivity contribution in [2.24, 2.45) is 17.6 Å². The summed E-state index contributed by atoms with van der Waals surface area (Å²) in [5, 5.41) is 9.13. The molecule has 0 aliphatic heterocycles. The number of hydrogen-bond acceptors (Lipinski definition) is 2. The standard InChI is InChI=1S/C13H20FNO/c1-9(12(7-15)8-16)5-11-3-4-13(14)10(2)6-11/h3-4,6,9,12,16H,5,7-8,15H2,1-2H3. The van der Waals surface area contributed by atoms with Crippen molar-refractivity contribution < 1.29 is 9.50 Å². The summed E-state index contributed by atoms with van der Waals surface area (Å²) in [5.74, 6) is 0.249. The number of nitrogens with two attached hydrogens (primary N) is 1. The molecule has 0 amide bonds. The molecule has 16 heavy (non-hydrogen) atoms. The van der Waals surface area contributed by atoms with E-state index in [-0.39, 0.29) is 18.3 Å². The Hall–Kier alpha value is -0.930. The van der Waals surface area contributed by atoms with E-state index in [2.05, 4.69) is 6.92 Å². The summed E-state index contributed by atoms with van der Waals surface area (Å²) in [6.45, 7) is 4.41. The molecule has 0 heterocycles. The van der Waals surface area contributed by atoms with Crippen molar-refractivity contribution >= 4 is 0 Å². The van der Waals surface area contributed by atoms with Crippen LogP contribution in [0.3, 0.4) is 0 Å². The summed E-state index contributed by atoms with van der Waals surface area (Å²) in [4.78, 5) is 0. The maximum Gasteiger partial charge on any atom is 0.126 e. The van der Waals surface area contributed by atoms with E-state index in [4.69, 9.17) is 10.8 Å². The lowest BCUT2D eigenvalue weighted by atomic mass is 9.88. The third kappa shape index (κ3) is 3.29. The molecule has 1 rings (SSSR count). The first-order chi connectivity index (χ1) is 7.58. The van der Waals surface area contributed by atoms with Crippen molar-refractivity contribution in [2.45, 2.75) is 20.3 Å². The van der Waals surface area contributed by atoms with E-state index in [1.807, 2.05) is 6.07 Å². The molecule has 2 nitrogen and oxygen atoms in total. The Morgan fingerprint density at radius 1 is 1.44 bits per heavy atom. The van der Waals surface area contributed by atoms with Gasteiger partial charge in [0.2, 0.25) is 0 Å².